The summed E-state index contributed by atoms with van der Waals surface area (Å²) >= 11 is 1.61. The number of hydrogen-bond donors (Lipinski definition) is 2. The SMILES string of the molecule is O=C(Cc1cc(-c2ccccc2)c(=O)n2c1-c1sccc1CC2)NCCO. The normalized spacial score (nSPS) is 12.3. The van der Waals surface area contributed by atoms with Crippen LogP contribution in [0, 0.1) is 0 Å². The summed E-state index contributed by atoms with van der Waals surface area (Å²) < 4.78 is 1.82. The van der Waals surface area contributed by atoms with E-state index in [9.17, 15) is 9.59 Å². The second kappa shape index (κ2) is 7.50. The number of aliphatic hydroxyl groups is 1. The molecule has 2 aromatic heterocycles. The number of aromatic nitrogens is 1. The van der Waals surface area contributed by atoms with Gasteiger partial charge in [-0.15, -0.1) is 11.3 Å². The molecule has 0 saturated heterocycles. The second-order valence-corrected chi connectivity index (χ2v) is 7.45. The van der Waals surface area contributed by atoms with Gasteiger partial charge in [0.25, 0.3) is 5.56 Å². The molecule has 0 unspecified atom stereocenters. The molecule has 1 amide bonds. The van der Waals surface area contributed by atoms with Crippen LogP contribution in [0.5, 0.6) is 0 Å². The minimum atomic E-state index is -0.159. The van der Waals surface area contributed by atoms with E-state index in [1.54, 1.807) is 11.3 Å². The number of fused-ring (bicyclic) bond motifs is 3. The Bertz CT molecular complexity index is 1040. The summed E-state index contributed by atoms with van der Waals surface area (Å²) in [4.78, 5) is 26.6. The van der Waals surface area contributed by atoms with Gasteiger partial charge in [0.2, 0.25) is 5.91 Å². The average Bonchev–Trinajstić information content (AvgIpc) is 3.17. The number of carbonyl (C=O) groups excluding carboxylic acids is 1. The lowest BCUT2D eigenvalue weighted by Gasteiger charge is -2.23. The van der Waals surface area contributed by atoms with Gasteiger partial charge in [-0.3, -0.25) is 9.59 Å². The zero-order valence-corrected chi connectivity index (χ0v) is 15.6. The van der Waals surface area contributed by atoms with Crippen molar-refractivity contribution in [3.05, 3.63) is 69.3 Å². The number of pyridine rings is 1. The predicted molar refractivity (Wildman–Crippen MR) is 107 cm³/mol. The van der Waals surface area contributed by atoms with E-state index < -0.39 is 0 Å². The number of rotatable bonds is 5. The molecule has 2 N–H and O–H groups in total. The molecule has 0 radical (unpaired) electrons. The van der Waals surface area contributed by atoms with Crippen LogP contribution in [0.25, 0.3) is 21.7 Å². The lowest BCUT2D eigenvalue weighted by atomic mass is 9.96. The fourth-order valence-electron chi connectivity index (χ4n) is 3.57. The van der Waals surface area contributed by atoms with Gasteiger partial charge in [-0.1, -0.05) is 30.3 Å². The minimum absolute atomic E-state index is 0.0187. The van der Waals surface area contributed by atoms with Crippen molar-refractivity contribution >= 4 is 17.2 Å². The zero-order chi connectivity index (χ0) is 18.8. The van der Waals surface area contributed by atoms with E-state index in [4.69, 9.17) is 5.11 Å². The standard InChI is InChI=1S/C21H20N2O3S/c24-10-8-22-18(25)13-16-12-17(14-4-2-1-3-5-14)21(26)23-9-6-15-7-11-27-20(15)19(16)23/h1-5,7,11-12,24H,6,8-10,13H2,(H,22,25). The molecule has 5 nitrogen and oxygen atoms in total. The Morgan fingerprint density at radius 2 is 2.04 bits per heavy atom. The maximum atomic E-state index is 13.2. The lowest BCUT2D eigenvalue weighted by Crippen LogP contribution is -2.31. The molecule has 0 bridgehead atoms. The summed E-state index contributed by atoms with van der Waals surface area (Å²) in [7, 11) is 0. The highest BCUT2D eigenvalue weighted by Crippen LogP contribution is 2.36. The van der Waals surface area contributed by atoms with Gasteiger partial charge in [0.15, 0.2) is 0 Å². The predicted octanol–water partition coefficient (Wildman–Crippen LogP) is 2.45. The lowest BCUT2D eigenvalue weighted by molar-refractivity contribution is -0.120. The van der Waals surface area contributed by atoms with E-state index in [0.717, 1.165) is 28.1 Å². The van der Waals surface area contributed by atoms with Crippen LogP contribution in [0.2, 0.25) is 0 Å². The third-order valence-corrected chi connectivity index (χ3v) is 5.77. The number of benzene rings is 1. The molecule has 3 heterocycles. The maximum Gasteiger partial charge on any atom is 0.258 e. The van der Waals surface area contributed by atoms with Crippen molar-refractivity contribution in [2.45, 2.75) is 19.4 Å². The molecule has 0 aliphatic carbocycles. The molecule has 0 fully saturated rings. The van der Waals surface area contributed by atoms with Gasteiger partial charge in [0, 0.05) is 18.7 Å². The van der Waals surface area contributed by atoms with Crippen molar-refractivity contribution in [2.24, 2.45) is 0 Å². The maximum absolute atomic E-state index is 13.2. The van der Waals surface area contributed by atoms with Crippen LogP contribution in [0.15, 0.2) is 52.6 Å². The van der Waals surface area contributed by atoms with E-state index in [1.165, 1.54) is 5.56 Å². The third kappa shape index (κ3) is 3.34. The number of carbonyl (C=O) groups is 1. The molecule has 1 aliphatic heterocycles. The molecular formula is C21H20N2O3S. The van der Waals surface area contributed by atoms with Gasteiger partial charge in [-0.2, -0.15) is 0 Å². The minimum Gasteiger partial charge on any atom is -0.395 e. The summed E-state index contributed by atoms with van der Waals surface area (Å²) in [6.07, 6.45) is 0.993. The van der Waals surface area contributed by atoms with Gasteiger partial charge in [-0.05, 0) is 40.6 Å². The first kappa shape index (κ1) is 17.7. The molecular weight excluding hydrogens is 360 g/mol. The molecule has 27 heavy (non-hydrogen) atoms. The van der Waals surface area contributed by atoms with Gasteiger partial charge >= 0.3 is 0 Å². The van der Waals surface area contributed by atoms with Crippen molar-refractivity contribution in [3.63, 3.8) is 0 Å². The van der Waals surface area contributed by atoms with Crippen LogP contribution in [-0.2, 0) is 24.2 Å². The fraction of sp³-hybridized carbons (Fsp3) is 0.238. The van der Waals surface area contributed by atoms with Gasteiger partial charge in [0.05, 0.1) is 23.6 Å². The van der Waals surface area contributed by atoms with Crippen molar-refractivity contribution in [3.8, 4) is 21.7 Å². The van der Waals surface area contributed by atoms with E-state index in [1.807, 2.05) is 46.3 Å². The Hall–Kier alpha value is -2.70. The van der Waals surface area contributed by atoms with Gasteiger partial charge in [0.1, 0.15) is 0 Å². The molecule has 138 valence electrons. The Morgan fingerprint density at radius 1 is 1.22 bits per heavy atom. The van der Waals surface area contributed by atoms with Crippen LogP contribution in [0.4, 0.5) is 0 Å². The Labute approximate surface area is 160 Å². The average molecular weight is 380 g/mol. The number of nitrogens with one attached hydrogen (secondary N) is 1. The number of aryl methyl sites for hydroxylation is 1. The second-order valence-electron chi connectivity index (χ2n) is 6.53. The molecule has 4 rings (SSSR count). The first-order valence-corrected chi connectivity index (χ1v) is 9.83. The number of thiophene rings is 1. The van der Waals surface area contributed by atoms with E-state index in [-0.39, 0.29) is 31.0 Å². The zero-order valence-electron chi connectivity index (χ0n) is 14.8. The molecule has 3 aromatic rings. The van der Waals surface area contributed by atoms with Crippen molar-refractivity contribution in [2.75, 3.05) is 13.2 Å². The summed E-state index contributed by atoms with van der Waals surface area (Å²) in [5.74, 6) is -0.159. The number of amides is 1. The van der Waals surface area contributed by atoms with E-state index in [2.05, 4.69) is 11.4 Å². The summed E-state index contributed by atoms with van der Waals surface area (Å²) in [6.45, 7) is 0.746. The number of aliphatic hydroxyl groups excluding tert-OH is 1. The molecule has 0 atom stereocenters. The first-order chi connectivity index (χ1) is 13.2. The monoisotopic (exact) mass is 380 g/mol. The molecule has 0 spiro atoms. The van der Waals surface area contributed by atoms with Crippen molar-refractivity contribution in [1.82, 2.24) is 9.88 Å². The Balaban J connectivity index is 1.88. The van der Waals surface area contributed by atoms with Crippen LogP contribution in [0.1, 0.15) is 11.1 Å². The summed E-state index contributed by atoms with van der Waals surface area (Å²) in [5, 5.41) is 13.7. The van der Waals surface area contributed by atoms with Crippen molar-refractivity contribution in [1.29, 1.82) is 0 Å². The van der Waals surface area contributed by atoms with E-state index in [0.29, 0.717) is 12.1 Å². The highest BCUT2D eigenvalue weighted by Gasteiger charge is 2.24. The molecule has 1 aromatic carbocycles. The highest BCUT2D eigenvalue weighted by atomic mass is 32.1. The highest BCUT2D eigenvalue weighted by molar-refractivity contribution is 7.13. The number of hydrogen-bond acceptors (Lipinski definition) is 4. The Morgan fingerprint density at radius 3 is 2.81 bits per heavy atom. The third-order valence-electron chi connectivity index (χ3n) is 4.80. The van der Waals surface area contributed by atoms with E-state index >= 15 is 0 Å². The van der Waals surface area contributed by atoms with Crippen LogP contribution in [0.3, 0.4) is 0 Å². The fourth-order valence-corrected chi connectivity index (χ4v) is 4.61. The topological polar surface area (TPSA) is 71.3 Å². The van der Waals surface area contributed by atoms with Crippen LogP contribution in [-0.4, -0.2) is 28.7 Å². The smallest absolute Gasteiger partial charge is 0.258 e. The van der Waals surface area contributed by atoms with Gasteiger partial charge in [-0.25, -0.2) is 0 Å². The van der Waals surface area contributed by atoms with Crippen LogP contribution < -0.4 is 10.9 Å². The van der Waals surface area contributed by atoms with Crippen molar-refractivity contribution < 1.29 is 9.90 Å². The van der Waals surface area contributed by atoms with Crippen LogP contribution >= 0.6 is 11.3 Å². The largest absolute Gasteiger partial charge is 0.395 e. The summed E-state index contributed by atoms with van der Waals surface area (Å²) in [5.41, 5.74) is 4.37. The first-order valence-electron chi connectivity index (χ1n) is 8.95. The molecule has 6 heteroatoms. The quantitative estimate of drug-likeness (QED) is 0.714. The Kier molecular flexibility index (Phi) is 4.92. The summed E-state index contributed by atoms with van der Waals surface area (Å²) in [6, 6.07) is 13.5. The molecule has 0 saturated carbocycles. The molecule has 1 aliphatic rings. The van der Waals surface area contributed by atoms with Gasteiger partial charge < -0.3 is 15.0 Å². The number of nitrogens with zero attached hydrogens (tertiary/aromatic N) is 1.